The van der Waals surface area contributed by atoms with Gasteiger partial charge >= 0.3 is 0 Å². The Morgan fingerprint density at radius 1 is 0.647 bits per heavy atom. The van der Waals surface area contributed by atoms with Gasteiger partial charge in [-0.3, -0.25) is 0 Å². The Bertz CT molecular complexity index is 180. The van der Waals surface area contributed by atoms with Crippen molar-refractivity contribution in [2.24, 2.45) is 11.8 Å². The molecule has 0 heterocycles. The van der Waals surface area contributed by atoms with Gasteiger partial charge in [0.2, 0.25) is 0 Å². The Morgan fingerprint density at radius 2 is 1.00 bits per heavy atom. The molecule has 0 spiro atoms. The van der Waals surface area contributed by atoms with Crippen LogP contribution in [0.15, 0.2) is 0 Å². The van der Waals surface area contributed by atoms with Crippen molar-refractivity contribution in [1.29, 1.82) is 0 Å². The summed E-state index contributed by atoms with van der Waals surface area (Å²) in [5, 5.41) is 3.92. The Hall–Kier alpha value is -0.0400. The zero-order chi connectivity index (χ0) is 12.1. The maximum Gasteiger partial charge on any atom is 0.00695 e. The van der Waals surface area contributed by atoms with Gasteiger partial charge in [0.1, 0.15) is 0 Å². The first-order chi connectivity index (χ1) is 8.27. The van der Waals surface area contributed by atoms with Crippen LogP contribution in [0.1, 0.15) is 78.1 Å². The molecule has 2 rings (SSSR count). The lowest BCUT2D eigenvalue weighted by Gasteiger charge is -2.35. The summed E-state index contributed by atoms with van der Waals surface area (Å²) >= 11 is 0. The summed E-state index contributed by atoms with van der Waals surface area (Å²) in [5.41, 5.74) is 0. The summed E-state index contributed by atoms with van der Waals surface area (Å²) < 4.78 is 0. The summed E-state index contributed by atoms with van der Waals surface area (Å²) in [6.07, 6.45) is 14.7. The average Bonchev–Trinajstić information content (AvgIpc) is 2.40. The molecule has 2 saturated carbocycles. The molecule has 17 heavy (non-hydrogen) atoms. The lowest BCUT2D eigenvalue weighted by Crippen LogP contribution is -2.44. The molecule has 2 unspecified atom stereocenters. The first-order valence-electron chi connectivity index (χ1n) is 8.03. The molecule has 100 valence electrons. The lowest BCUT2D eigenvalue weighted by atomic mass is 9.81. The smallest absolute Gasteiger partial charge is 0.00695 e. The van der Waals surface area contributed by atoms with Crippen LogP contribution in [0.2, 0.25) is 0 Å². The van der Waals surface area contributed by atoms with Gasteiger partial charge in [0.25, 0.3) is 0 Å². The summed E-state index contributed by atoms with van der Waals surface area (Å²) in [6.45, 7) is 4.85. The van der Waals surface area contributed by atoms with E-state index in [1.807, 2.05) is 0 Å². The molecule has 0 bridgehead atoms. The first-order valence-corrected chi connectivity index (χ1v) is 8.03. The van der Waals surface area contributed by atoms with E-state index in [-0.39, 0.29) is 0 Å². The fraction of sp³-hybridized carbons (Fsp3) is 1.00. The minimum absolute atomic E-state index is 0.743. The molecule has 0 aliphatic heterocycles. The third kappa shape index (κ3) is 3.98. The van der Waals surface area contributed by atoms with E-state index in [2.05, 4.69) is 19.2 Å². The van der Waals surface area contributed by atoms with Crippen LogP contribution in [-0.2, 0) is 0 Å². The molecule has 1 N–H and O–H groups in total. The zero-order valence-corrected chi connectivity index (χ0v) is 11.9. The minimum atomic E-state index is 0.743. The topological polar surface area (TPSA) is 12.0 Å². The molecular formula is C16H31N. The Kier molecular flexibility index (Phi) is 5.34. The average molecular weight is 237 g/mol. The van der Waals surface area contributed by atoms with Crippen LogP contribution in [0.25, 0.3) is 0 Å². The molecule has 1 heteroatoms. The minimum Gasteiger partial charge on any atom is -0.311 e. The van der Waals surface area contributed by atoms with E-state index in [4.69, 9.17) is 0 Å². The fourth-order valence-corrected chi connectivity index (χ4v) is 3.96. The summed E-state index contributed by atoms with van der Waals surface area (Å²) in [6, 6.07) is 1.49. The van der Waals surface area contributed by atoms with Gasteiger partial charge in [0.05, 0.1) is 0 Å². The molecule has 2 fully saturated rings. The molecule has 0 radical (unpaired) electrons. The van der Waals surface area contributed by atoms with E-state index >= 15 is 0 Å². The van der Waals surface area contributed by atoms with E-state index in [9.17, 15) is 0 Å². The highest BCUT2D eigenvalue weighted by atomic mass is 15.0. The van der Waals surface area contributed by atoms with Gasteiger partial charge in [0, 0.05) is 12.1 Å². The predicted octanol–water partition coefficient (Wildman–Crippen LogP) is 4.51. The Balaban J connectivity index is 1.74. The van der Waals surface area contributed by atoms with E-state index in [0.717, 1.165) is 23.9 Å². The van der Waals surface area contributed by atoms with Crippen molar-refractivity contribution in [3.8, 4) is 0 Å². The van der Waals surface area contributed by atoms with Crippen molar-refractivity contribution in [2.45, 2.75) is 90.1 Å². The second kappa shape index (κ2) is 6.78. The summed E-state index contributed by atoms with van der Waals surface area (Å²) in [4.78, 5) is 0. The maximum atomic E-state index is 3.92. The third-order valence-corrected chi connectivity index (χ3v) is 5.24. The molecule has 2 aliphatic rings. The molecule has 0 aromatic carbocycles. The second-order valence-corrected chi connectivity index (χ2v) is 6.54. The number of hydrogen-bond donors (Lipinski definition) is 1. The zero-order valence-electron chi connectivity index (χ0n) is 11.9. The first kappa shape index (κ1) is 13.4. The largest absolute Gasteiger partial charge is 0.311 e. The highest BCUT2D eigenvalue weighted by Crippen LogP contribution is 2.29. The van der Waals surface area contributed by atoms with E-state index in [0.29, 0.717) is 0 Å². The fourth-order valence-electron chi connectivity index (χ4n) is 3.96. The van der Waals surface area contributed by atoms with Gasteiger partial charge in [-0.15, -0.1) is 0 Å². The monoisotopic (exact) mass is 237 g/mol. The van der Waals surface area contributed by atoms with Crippen LogP contribution in [0, 0.1) is 11.8 Å². The Labute approximate surface area is 108 Å². The normalized spacial score (nSPS) is 27.9. The third-order valence-electron chi connectivity index (χ3n) is 5.24. The van der Waals surface area contributed by atoms with E-state index < -0.39 is 0 Å². The lowest BCUT2D eigenvalue weighted by molar-refractivity contribution is 0.218. The highest BCUT2D eigenvalue weighted by molar-refractivity contribution is 4.82. The van der Waals surface area contributed by atoms with E-state index in [1.165, 1.54) is 64.2 Å². The number of nitrogens with one attached hydrogen (secondary N) is 1. The van der Waals surface area contributed by atoms with E-state index in [1.54, 1.807) is 0 Å². The quantitative estimate of drug-likeness (QED) is 0.758. The van der Waals surface area contributed by atoms with Crippen LogP contribution in [-0.4, -0.2) is 12.1 Å². The van der Waals surface area contributed by atoms with Crippen molar-refractivity contribution in [2.75, 3.05) is 0 Å². The Morgan fingerprint density at radius 3 is 1.35 bits per heavy atom. The molecular weight excluding hydrogens is 206 g/mol. The van der Waals surface area contributed by atoms with Gasteiger partial charge in [-0.25, -0.2) is 0 Å². The van der Waals surface area contributed by atoms with Crippen molar-refractivity contribution < 1.29 is 0 Å². The van der Waals surface area contributed by atoms with Gasteiger partial charge in [0.15, 0.2) is 0 Å². The second-order valence-electron chi connectivity index (χ2n) is 6.54. The molecule has 0 amide bonds. The predicted molar refractivity (Wildman–Crippen MR) is 75.2 cm³/mol. The van der Waals surface area contributed by atoms with Gasteiger partial charge < -0.3 is 5.32 Å². The van der Waals surface area contributed by atoms with Gasteiger partial charge in [-0.05, 0) is 51.4 Å². The summed E-state index contributed by atoms with van der Waals surface area (Å²) in [7, 11) is 0. The summed E-state index contributed by atoms with van der Waals surface area (Å²) in [5.74, 6) is 1.91. The molecule has 0 saturated heterocycles. The highest BCUT2D eigenvalue weighted by Gasteiger charge is 2.25. The molecule has 2 aliphatic carbocycles. The number of hydrogen-bond acceptors (Lipinski definition) is 1. The van der Waals surface area contributed by atoms with Crippen molar-refractivity contribution in [3.63, 3.8) is 0 Å². The van der Waals surface area contributed by atoms with Crippen molar-refractivity contribution >= 4 is 0 Å². The SMILES string of the molecule is CC(NC(C)C1CCCCC1)C1CCCCC1. The van der Waals surface area contributed by atoms with Gasteiger partial charge in [-0.1, -0.05) is 38.5 Å². The van der Waals surface area contributed by atoms with Gasteiger partial charge in [-0.2, -0.15) is 0 Å². The van der Waals surface area contributed by atoms with Crippen LogP contribution >= 0.6 is 0 Å². The maximum absolute atomic E-state index is 3.92. The molecule has 2 atom stereocenters. The molecule has 0 aromatic heterocycles. The van der Waals surface area contributed by atoms with Crippen LogP contribution in [0.5, 0.6) is 0 Å². The van der Waals surface area contributed by atoms with Crippen LogP contribution in [0.3, 0.4) is 0 Å². The van der Waals surface area contributed by atoms with Crippen molar-refractivity contribution in [3.05, 3.63) is 0 Å². The van der Waals surface area contributed by atoms with Crippen LogP contribution < -0.4 is 5.32 Å². The number of rotatable bonds is 4. The standard InChI is InChI=1S/C16H31N/c1-13(15-9-5-3-6-10-15)17-14(2)16-11-7-4-8-12-16/h13-17H,3-12H2,1-2H3. The molecule has 0 aromatic rings. The van der Waals surface area contributed by atoms with Crippen molar-refractivity contribution in [1.82, 2.24) is 5.32 Å². The van der Waals surface area contributed by atoms with Crippen LogP contribution in [0.4, 0.5) is 0 Å². The molecule has 1 nitrogen and oxygen atoms in total.